The molecule has 5 nitrogen and oxygen atoms in total. The number of halogens is 2. The van der Waals surface area contributed by atoms with E-state index in [-0.39, 0.29) is 24.3 Å². The summed E-state index contributed by atoms with van der Waals surface area (Å²) in [5.74, 6) is 3.45. The Kier molecular flexibility index (Phi) is 4.65. The van der Waals surface area contributed by atoms with Crippen molar-refractivity contribution >= 4 is 6.03 Å². The normalized spacial score (nSPS) is 9.88. The summed E-state index contributed by atoms with van der Waals surface area (Å²) in [5.41, 5.74) is 2.01. The van der Waals surface area contributed by atoms with Crippen LogP contribution >= 0.6 is 0 Å². The summed E-state index contributed by atoms with van der Waals surface area (Å²) < 4.78 is 31.3. The summed E-state index contributed by atoms with van der Waals surface area (Å²) in [6.07, 6.45) is 0.153. The molecule has 0 aliphatic rings. The molecule has 0 fully saturated rings. The monoisotopic (exact) mass is 245 g/mol. The number of nitrogens with one attached hydrogen (secondary N) is 2. The third kappa shape index (κ3) is 3.56. The first-order valence-corrected chi connectivity index (χ1v) is 4.84. The summed E-state index contributed by atoms with van der Waals surface area (Å²) in [5, 5.41) is 2.36. The van der Waals surface area contributed by atoms with Crippen molar-refractivity contribution in [1.29, 1.82) is 0 Å². The highest BCUT2D eigenvalue weighted by Gasteiger charge is 2.10. The van der Waals surface area contributed by atoms with Gasteiger partial charge in [0.1, 0.15) is 5.82 Å². The van der Waals surface area contributed by atoms with E-state index in [4.69, 9.17) is 5.84 Å². The van der Waals surface area contributed by atoms with Crippen molar-refractivity contribution in [3.63, 3.8) is 0 Å². The Morgan fingerprint density at radius 1 is 1.41 bits per heavy atom. The van der Waals surface area contributed by atoms with Crippen molar-refractivity contribution in [1.82, 2.24) is 10.7 Å². The van der Waals surface area contributed by atoms with E-state index in [1.54, 1.807) is 0 Å². The van der Waals surface area contributed by atoms with Crippen LogP contribution in [0.2, 0.25) is 0 Å². The van der Waals surface area contributed by atoms with E-state index in [2.05, 4.69) is 10.1 Å². The minimum Gasteiger partial charge on any atom is -0.494 e. The van der Waals surface area contributed by atoms with Gasteiger partial charge < -0.3 is 10.1 Å². The van der Waals surface area contributed by atoms with Crippen LogP contribution < -0.4 is 21.3 Å². The number of amides is 2. The number of ether oxygens (including phenoxy) is 1. The zero-order valence-corrected chi connectivity index (χ0v) is 9.22. The molecular formula is C10H13F2N3O2. The van der Waals surface area contributed by atoms with Crippen LogP contribution in [0, 0.1) is 11.6 Å². The van der Waals surface area contributed by atoms with Crippen LogP contribution in [0.5, 0.6) is 5.75 Å². The predicted octanol–water partition coefficient (Wildman–Crippen LogP) is 0.689. The fraction of sp³-hybridized carbons (Fsp3) is 0.300. The van der Waals surface area contributed by atoms with E-state index in [1.807, 2.05) is 5.43 Å². The zero-order valence-electron chi connectivity index (χ0n) is 9.22. The van der Waals surface area contributed by atoms with E-state index >= 15 is 0 Å². The number of rotatable bonds is 4. The number of hydrazine groups is 1. The molecule has 0 spiro atoms. The molecule has 0 aliphatic heterocycles. The van der Waals surface area contributed by atoms with Gasteiger partial charge in [0, 0.05) is 12.6 Å². The average Bonchev–Trinajstić information content (AvgIpc) is 2.32. The number of nitrogens with two attached hydrogens (primary N) is 1. The van der Waals surface area contributed by atoms with Gasteiger partial charge >= 0.3 is 6.03 Å². The van der Waals surface area contributed by atoms with Gasteiger partial charge in [-0.25, -0.2) is 19.4 Å². The highest BCUT2D eigenvalue weighted by atomic mass is 19.1. The van der Waals surface area contributed by atoms with E-state index in [0.29, 0.717) is 0 Å². The van der Waals surface area contributed by atoms with Crippen LogP contribution in [-0.2, 0) is 6.42 Å². The first-order chi connectivity index (χ1) is 8.08. The van der Waals surface area contributed by atoms with E-state index in [1.165, 1.54) is 7.11 Å². The Labute approximate surface area is 96.9 Å². The quantitative estimate of drug-likeness (QED) is 0.415. The van der Waals surface area contributed by atoms with Crippen LogP contribution in [0.15, 0.2) is 12.1 Å². The highest BCUT2D eigenvalue weighted by Crippen LogP contribution is 2.21. The summed E-state index contributed by atoms with van der Waals surface area (Å²) in [4.78, 5) is 10.7. The van der Waals surface area contributed by atoms with Crippen molar-refractivity contribution in [3.8, 4) is 5.75 Å². The Morgan fingerprint density at radius 3 is 2.71 bits per heavy atom. The molecule has 0 aliphatic carbocycles. The molecule has 0 heterocycles. The second-order valence-electron chi connectivity index (χ2n) is 3.23. The lowest BCUT2D eigenvalue weighted by Gasteiger charge is -2.08. The van der Waals surface area contributed by atoms with Gasteiger partial charge in [0.05, 0.1) is 7.11 Å². The first kappa shape index (κ1) is 13.2. The molecule has 1 aromatic rings. The maximum absolute atomic E-state index is 13.4. The van der Waals surface area contributed by atoms with Gasteiger partial charge in [-0.1, -0.05) is 0 Å². The van der Waals surface area contributed by atoms with E-state index in [0.717, 1.165) is 12.1 Å². The zero-order chi connectivity index (χ0) is 12.8. The van der Waals surface area contributed by atoms with Crippen molar-refractivity contribution in [3.05, 3.63) is 29.3 Å². The maximum atomic E-state index is 13.4. The van der Waals surface area contributed by atoms with Crippen LogP contribution in [-0.4, -0.2) is 19.7 Å². The predicted molar refractivity (Wildman–Crippen MR) is 57.3 cm³/mol. The third-order valence-corrected chi connectivity index (χ3v) is 2.13. The number of carbonyl (C=O) groups excluding carboxylic acids is 1. The molecule has 2 amide bonds. The van der Waals surface area contributed by atoms with Gasteiger partial charge in [0.2, 0.25) is 0 Å². The molecular weight excluding hydrogens is 232 g/mol. The average molecular weight is 245 g/mol. The molecule has 94 valence electrons. The molecule has 1 rings (SSSR count). The maximum Gasteiger partial charge on any atom is 0.328 e. The molecule has 0 bridgehead atoms. The van der Waals surface area contributed by atoms with Gasteiger partial charge in [-0.05, 0) is 18.1 Å². The molecule has 0 saturated heterocycles. The molecule has 7 heteroatoms. The molecule has 1 aromatic carbocycles. The van der Waals surface area contributed by atoms with Gasteiger partial charge in [-0.15, -0.1) is 0 Å². The van der Waals surface area contributed by atoms with Crippen molar-refractivity contribution in [2.24, 2.45) is 5.84 Å². The smallest absolute Gasteiger partial charge is 0.328 e. The standard InChI is InChI=1S/C10H13F2N3O2/c1-17-9-5-7(11)6(4-8(9)12)2-3-14-10(16)15-13/h4-5H,2-3,13H2,1H3,(H2,14,15,16). The van der Waals surface area contributed by atoms with Gasteiger partial charge in [-0.2, -0.15) is 0 Å². The lowest BCUT2D eigenvalue weighted by Crippen LogP contribution is -2.40. The Bertz CT molecular complexity index is 413. The summed E-state index contributed by atoms with van der Waals surface area (Å²) in [7, 11) is 1.25. The number of benzene rings is 1. The number of urea groups is 1. The second kappa shape index (κ2) is 6.00. The fourth-order valence-corrected chi connectivity index (χ4v) is 1.28. The molecule has 17 heavy (non-hydrogen) atoms. The molecule has 0 radical (unpaired) electrons. The molecule has 4 N–H and O–H groups in total. The largest absolute Gasteiger partial charge is 0.494 e. The Hall–Kier alpha value is -1.89. The Balaban J connectivity index is 2.65. The van der Waals surface area contributed by atoms with Crippen molar-refractivity contribution in [2.75, 3.05) is 13.7 Å². The highest BCUT2D eigenvalue weighted by molar-refractivity contribution is 5.72. The SMILES string of the molecule is COc1cc(F)c(CCNC(=O)NN)cc1F. The number of carbonyl (C=O) groups is 1. The first-order valence-electron chi connectivity index (χ1n) is 4.84. The Morgan fingerprint density at radius 2 is 2.12 bits per heavy atom. The van der Waals surface area contributed by atoms with Gasteiger partial charge in [0.25, 0.3) is 0 Å². The third-order valence-electron chi connectivity index (χ3n) is 2.13. The second-order valence-corrected chi connectivity index (χ2v) is 3.23. The van der Waals surface area contributed by atoms with Crippen LogP contribution in [0.1, 0.15) is 5.56 Å². The summed E-state index contributed by atoms with van der Waals surface area (Å²) in [6, 6.07) is 1.42. The van der Waals surface area contributed by atoms with Crippen molar-refractivity contribution in [2.45, 2.75) is 6.42 Å². The lowest BCUT2D eigenvalue weighted by atomic mass is 10.1. The summed E-state index contributed by atoms with van der Waals surface area (Å²) in [6.45, 7) is 0.145. The molecule has 0 unspecified atom stereocenters. The molecule has 0 saturated carbocycles. The molecule has 0 aromatic heterocycles. The fourth-order valence-electron chi connectivity index (χ4n) is 1.28. The lowest BCUT2D eigenvalue weighted by molar-refractivity contribution is 0.241. The van der Waals surface area contributed by atoms with Crippen LogP contribution in [0.3, 0.4) is 0 Å². The van der Waals surface area contributed by atoms with Gasteiger partial charge in [0.15, 0.2) is 11.6 Å². The number of hydrogen-bond donors (Lipinski definition) is 3. The molecule has 0 atom stereocenters. The topological polar surface area (TPSA) is 76.4 Å². The van der Waals surface area contributed by atoms with Crippen molar-refractivity contribution < 1.29 is 18.3 Å². The van der Waals surface area contributed by atoms with Gasteiger partial charge in [-0.3, -0.25) is 5.43 Å². The minimum absolute atomic E-state index is 0.145. The minimum atomic E-state index is -0.646. The van der Waals surface area contributed by atoms with E-state index < -0.39 is 17.7 Å². The number of hydrogen-bond acceptors (Lipinski definition) is 3. The number of methoxy groups -OCH3 is 1. The van der Waals surface area contributed by atoms with E-state index in [9.17, 15) is 13.6 Å². The van der Waals surface area contributed by atoms with Crippen LogP contribution in [0.4, 0.5) is 13.6 Å². The van der Waals surface area contributed by atoms with Crippen LogP contribution in [0.25, 0.3) is 0 Å². The summed E-state index contributed by atoms with van der Waals surface area (Å²) >= 11 is 0.